The van der Waals surface area contributed by atoms with Gasteiger partial charge in [0.2, 0.25) is 11.8 Å². The number of benzene rings is 2. The molecule has 0 aromatic heterocycles. The Balaban J connectivity index is 2.18. The summed E-state index contributed by atoms with van der Waals surface area (Å²) in [6.07, 6.45) is 2.10. The molecular weight excluding hydrogens is 388 g/mol. The molecule has 2 rings (SSSR count). The van der Waals surface area contributed by atoms with E-state index in [0.29, 0.717) is 11.6 Å². The highest BCUT2D eigenvalue weighted by Crippen LogP contribution is 2.20. The van der Waals surface area contributed by atoms with E-state index in [4.69, 9.17) is 16.3 Å². The zero-order valence-electron chi connectivity index (χ0n) is 17.3. The monoisotopic (exact) mass is 416 g/mol. The molecule has 1 atom stereocenters. The Morgan fingerprint density at radius 3 is 2.45 bits per heavy atom. The first-order chi connectivity index (χ1) is 14.0. The molecular formula is C23H29ClN2O3. The van der Waals surface area contributed by atoms with Crippen LogP contribution in [0.3, 0.4) is 0 Å². The topological polar surface area (TPSA) is 58.6 Å². The van der Waals surface area contributed by atoms with Gasteiger partial charge in [-0.3, -0.25) is 9.59 Å². The van der Waals surface area contributed by atoms with Crippen molar-refractivity contribution in [3.63, 3.8) is 0 Å². The molecule has 0 aliphatic heterocycles. The predicted octanol–water partition coefficient (Wildman–Crippen LogP) is 4.22. The fourth-order valence-corrected chi connectivity index (χ4v) is 3.14. The van der Waals surface area contributed by atoms with Gasteiger partial charge in [0, 0.05) is 18.1 Å². The van der Waals surface area contributed by atoms with Gasteiger partial charge in [-0.05, 0) is 42.7 Å². The number of hydrogen-bond donors (Lipinski definition) is 1. The van der Waals surface area contributed by atoms with Crippen LogP contribution in [0.2, 0.25) is 5.02 Å². The van der Waals surface area contributed by atoms with Crippen LogP contribution in [0.1, 0.15) is 37.8 Å². The second-order valence-corrected chi connectivity index (χ2v) is 7.37. The van der Waals surface area contributed by atoms with Gasteiger partial charge in [0.05, 0.1) is 13.5 Å². The lowest BCUT2D eigenvalue weighted by molar-refractivity contribution is -0.140. The van der Waals surface area contributed by atoms with E-state index >= 15 is 0 Å². The molecule has 0 radical (unpaired) electrons. The average molecular weight is 417 g/mol. The van der Waals surface area contributed by atoms with Crippen LogP contribution < -0.4 is 10.1 Å². The SMILES string of the molecule is CCCCNC(=O)[C@@H](C)N(Cc1ccccc1Cl)C(=O)Cc1ccc(OC)cc1. The van der Waals surface area contributed by atoms with Gasteiger partial charge in [-0.15, -0.1) is 0 Å². The molecule has 6 heteroatoms. The third kappa shape index (κ3) is 6.79. The molecule has 29 heavy (non-hydrogen) atoms. The lowest BCUT2D eigenvalue weighted by Gasteiger charge is -2.29. The highest BCUT2D eigenvalue weighted by Gasteiger charge is 2.26. The Bertz CT molecular complexity index is 808. The molecule has 2 amide bonds. The zero-order chi connectivity index (χ0) is 21.2. The lowest BCUT2D eigenvalue weighted by Crippen LogP contribution is -2.48. The number of carbonyl (C=O) groups is 2. The van der Waals surface area contributed by atoms with Gasteiger partial charge < -0.3 is 15.0 Å². The average Bonchev–Trinajstić information content (AvgIpc) is 2.73. The highest BCUT2D eigenvalue weighted by atomic mass is 35.5. The largest absolute Gasteiger partial charge is 0.497 e. The van der Waals surface area contributed by atoms with Crippen LogP contribution in [0.5, 0.6) is 5.75 Å². The van der Waals surface area contributed by atoms with Crippen molar-refractivity contribution in [3.05, 3.63) is 64.7 Å². The standard InChI is InChI=1S/C23H29ClN2O3/c1-4-5-14-25-23(28)17(2)26(16-19-8-6-7-9-21(19)24)22(27)15-18-10-12-20(29-3)13-11-18/h6-13,17H,4-5,14-16H2,1-3H3,(H,25,28)/t17-/m1/s1. The third-order valence-corrected chi connectivity index (χ3v) is 5.18. The number of unbranched alkanes of at least 4 members (excludes halogenated alkanes) is 1. The molecule has 5 nitrogen and oxygen atoms in total. The molecule has 0 saturated carbocycles. The number of nitrogens with zero attached hydrogens (tertiary/aromatic N) is 1. The third-order valence-electron chi connectivity index (χ3n) is 4.81. The molecule has 2 aromatic carbocycles. The van der Waals surface area contributed by atoms with E-state index < -0.39 is 6.04 Å². The van der Waals surface area contributed by atoms with Crippen LogP contribution in [0.25, 0.3) is 0 Å². The molecule has 0 bridgehead atoms. The van der Waals surface area contributed by atoms with Crippen molar-refractivity contribution >= 4 is 23.4 Å². The Morgan fingerprint density at radius 1 is 1.14 bits per heavy atom. The van der Waals surface area contributed by atoms with Crippen molar-refractivity contribution in [2.45, 2.75) is 45.7 Å². The highest BCUT2D eigenvalue weighted by molar-refractivity contribution is 6.31. The maximum atomic E-state index is 13.1. The van der Waals surface area contributed by atoms with E-state index in [1.54, 1.807) is 25.0 Å². The Morgan fingerprint density at radius 2 is 1.83 bits per heavy atom. The normalized spacial score (nSPS) is 11.6. The first kappa shape index (κ1) is 22.8. The number of methoxy groups -OCH3 is 1. The fourth-order valence-electron chi connectivity index (χ4n) is 2.95. The van der Waals surface area contributed by atoms with Gasteiger partial charge in [-0.2, -0.15) is 0 Å². The number of halogens is 1. The van der Waals surface area contributed by atoms with E-state index in [9.17, 15) is 9.59 Å². The van der Waals surface area contributed by atoms with Crippen molar-refractivity contribution in [1.29, 1.82) is 0 Å². The molecule has 1 N–H and O–H groups in total. The van der Waals surface area contributed by atoms with Crippen molar-refractivity contribution in [1.82, 2.24) is 10.2 Å². The Hall–Kier alpha value is -2.53. The number of nitrogens with one attached hydrogen (secondary N) is 1. The smallest absolute Gasteiger partial charge is 0.242 e. The summed E-state index contributed by atoms with van der Waals surface area (Å²) in [5, 5.41) is 3.49. The van der Waals surface area contributed by atoms with Crippen LogP contribution in [0.15, 0.2) is 48.5 Å². The zero-order valence-corrected chi connectivity index (χ0v) is 18.0. The molecule has 0 saturated heterocycles. The maximum Gasteiger partial charge on any atom is 0.242 e. The molecule has 0 unspecified atom stereocenters. The second-order valence-electron chi connectivity index (χ2n) is 6.96. The van der Waals surface area contributed by atoms with Gasteiger partial charge >= 0.3 is 0 Å². The summed E-state index contributed by atoms with van der Waals surface area (Å²) >= 11 is 6.30. The van der Waals surface area contributed by atoms with E-state index in [-0.39, 0.29) is 24.8 Å². The van der Waals surface area contributed by atoms with Crippen LogP contribution in [-0.4, -0.2) is 36.4 Å². The summed E-state index contributed by atoms with van der Waals surface area (Å²) in [6, 6.07) is 14.1. The summed E-state index contributed by atoms with van der Waals surface area (Å²) < 4.78 is 5.17. The number of rotatable bonds is 10. The summed E-state index contributed by atoms with van der Waals surface area (Å²) in [7, 11) is 1.60. The van der Waals surface area contributed by atoms with Gasteiger partial charge in [-0.1, -0.05) is 55.3 Å². The summed E-state index contributed by atoms with van der Waals surface area (Å²) in [5.74, 6) is 0.444. The van der Waals surface area contributed by atoms with Crippen LogP contribution in [0, 0.1) is 0 Å². The first-order valence-corrected chi connectivity index (χ1v) is 10.3. The Kier molecular flexibility index (Phi) is 9.00. The van der Waals surface area contributed by atoms with E-state index in [1.165, 1.54) is 0 Å². The molecule has 0 spiro atoms. The fraction of sp³-hybridized carbons (Fsp3) is 0.391. The van der Waals surface area contributed by atoms with Crippen LogP contribution in [0.4, 0.5) is 0 Å². The number of hydrogen-bond acceptors (Lipinski definition) is 3. The maximum absolute atomic E-state index is 13.1. The van der Waals surface area contributed by atoms with Gasteiger partial charge in [0.15, 0.2) is 0 Å². The molecule has 0 aliphatic rings. The summed E-state index contributed by atoms with van der Waals surface area (Å²) in [4.78, 5) is 27.3. The Labute approximate surface area is 178 Å². The number of amides is 2. The predicted molar refractivity (Wildman–Crippen MR) is 116 cm³/mol. The van der Waals surface area contributed by atoms with Gasteiger partial charge in [0.25, 0.3) is 0 Å². The van der Waals surface area contributed by atoms with Crippen molar-refractivity contribution in [3.8, 4) is 5.75 Å². The molecule has 0 aliphatic carbocycles. The summed E-state index contributed by atoms with van der Waals surface area (Å²) in [6.45, 7) is 4.70. The van der Waals surface area contributed by atoms with Crippen molar-refractivity contribution in [2.24, 2.45) is 0 Å². The minimum absolute atomic E-state index is 0.131. The van der Waals surface area contributed by atoms with Crippen molar-refractivity contribution < 1.29 is 14.3 Å². The molecule has 0 fully saturated rings. The molecule has 2 aromatic rings. The van der Waals surface area contributed by atoms with Gasteiger partial charge in [0.1, 0.15) is 11.8 Å². The molecule has 0 heterocycles. The van der Waals surface area contributed by atoms with Crippen molar-refractivity contribution in [2.75, 3.05) is 13.7 Å². The minimum Gasteiger partial charge on any atom is -0.497 e. The number of carbonyl (C=O) groups excluding carboxylic acids is 2. The number of ether oxygens (including phenoxy) is 1. The minimum atomic E-state index is -0.603. The van der Waals surface area contributed by atoms with E-state index in [1.807, 2.05) is 42.5 Å². The lowest BCUT2D eigenvalue weighted by atomic mass is 10.1. The first-order valence-electron chi connectivity index (χ1n) is 9.89. The van der Waals surface area contributed by atoms with Gasteiger partial charge in [-0.25, -0.2) is 0 Å². The van der Waals surface area contributed by atoms with E-state index in [0.717, 1.165) is 29.7 Å². The second kappa shape index (κ2) is 11.5. The molecule has 156 valence electrons. The summed E-state index contributed by atoms with van der Waals surface area (Å²) in [5.41, 5.74) is 1.67. The van der Waals surface area contributed by atoms with Crippen LogP contribution in [-0.2, 0) is 22.6 Å². The van der Waals surface area contributed by atoms with E-state index in [2.05, 4.69) is 12.2 Å². The van der Waals surface area contributed by atoms with Crippen LogP contribution >= 0.6 is 11.6 Å². The quantitative estimate of drug-likeness (QED) is 0.590.